The molecule has 74 valence electrons. The van der Waals surface area contributed by atoms with Crippen molar-refractivity contribution in [3.05, 3.63) is 46.3 Å². The third-order valence-corrected chi connectivity index (χ3v) is 1.78. The molecule has 0 amide bonds. The molecule has 5 nitrogen and oxygen atoms in total. The highest BCUT2D eigenvalue weighted by Crippen LogP contribution is 2.00. The third-order valence-electron chi connectivity index (χ3n) is 1.78. The molecule has 0 fully saturated rings. The Labute approximate surface area is 82.7 Å². The van der Waals surface area contributed by atoms with E-state index in [1.165, 1.54) is 0 Å². The van der Waals surface area contributed by atoms with Gasteiger partial charge >= 0.3 is 0 Å². The fraction of sp³-hybridized carbons (Fsp3) is 0.333. The third kappa shape index (κ3) is 3.91. The molecule has 14 heavy (non-hydrogen) atoms. The molecule has 0 saturated heterocycles. The summed E-state index contributed by atoms with van der Waals surface area (Å²) in [5, 5.41) is 5.04. The zero-order valence-electron chi connectivity index (χ0n) is 7.87. The Hall–Kier alpha value is -1.55. The molecule has 1 aromatic rings. The van der Waals surface area contributed by atoms with Gasteiger partial charge < -0.3 is 0 Å². The number of benzene rings is 1. The molecule has 0 heterocycles. The Balaban J connectivity index is 2.33. The maximum absolute atomic E-state index is 8.07. The van der Waals surface area contributed by atoms with Gasteiger partial charge in [-0.2, -0.15) is 0 Å². The van der Waals surface area contributed by atoms with Crippen LogP contribution in [0.5, 0.6) is 0 Å². The summed E-state index contributed by atoms with van der Waals surface area (Å²) in [6.45, 7) is 1.64. The van der Waals surface area contributed by atoms with Crippen molar-refractivity contribution in [2.45, 2.75) is 6.54 Å². The van der Waals surface area contributed by atoms with Crippen LogP contribution in [-0.4, -0.2) is 18.1 Å². The van der Waals surface area contributed by atoms with E-state index in [4.69, 9.17) is 11.4 Å². The maximum Gasteiger partial charge on any atom is 0.0399 e. The van der Waals surface area contributed by atoms with Crippen LogP contribution in [0.4, 0.5) is 0 Å². The summed E-state index contributed by atoms with van der Waals surface area (Å²) in [4.78, 5) is 2.66. The van der Waals surface area contributed by atoms with Crippen LogP contribution in [-0.2, 0) is 6.54 Å². The topological polar surface area (TPSA) is 78.0 Å². The van der Waals surface area contributed by atoms with Gasteiger partial charge in [-0.15, -0.1) is 0 Å². The molecule has 0 unspecified atom stereocenters. The zero-order chi connectivity index (χ0) is 10.2. The molecule has 1 rings (SSSR count). The molecule has 2 N–H and O–H groups in total. The Morgan fingerprint density at radius 1 is 1.36 bits per heavy atom. The summed E-state index contributed by atoms with van der Waals surface area (Å²) in [5.41, 5.74) is 9.22. The number of nitrogens with zero attached hydrogens (tertiary/aromatic N) is 4. The van der Waals surface area contributed by atoms with Crippen molar-refractivity contribution in [1.29, 1.82) is 0 Å². The monoisotopic (exact) mass is 191 g/mol. The highest BCUT2D eigenvalue weighted by atomic mass is 15.4. The molecule has 0 aliphatic heterocycles. The van der Waals surface area contributed by atoms with E-state index >= 15 is 0 Å². The highest BCUT2D eigenvalue weighted by molar-refractivity contribution is 5.14. The van der Waals surface area contributed by atoms with Gasteiger partial charge in [-0.05, 0) is 11.1 Å². The van der Waals surface area contributed by atoms with Crippen molar-refractivity contribution >= 4 is 0 Å². The largest absolute Gasteiger partial charge is 0.268 e. The van der Waals surface area contributed by atoms with Gasteiger partial charge in [0.1, 0.15) is 0 Å². The molecule has 5 heteroatoms. The van der Waals surface area contributed by atoms with Gasteiger partial charge in [0, 0.05) is 24.5 Å². The second kappa shape index (κ2) is 5.99. The minimum absolute atomic E-state index is 0.403. The number of rotatable bonds is 5. The summed E-state index contributed by atoms with van der Waals surface area (Å²) < 4.78 is 0. The predicted octanol–water partition coefficient (Wildman–Crippen LogP) is 1.67. The SMILES string of the molecule is [N-]=[N+]=NCCN(N)Cc1ccccc1. The molecule has 1 aromatic carbocycles. The van der Waals surface area contributed by atoms with Crippen molar-refractivity contribution in [1.82, 2.24) is 5.01 Å². The van der Waals surface area contributed by atoms with Gasteiger partial charge in [-0.25, -0.2) is 5.01 Å². The lowest BCUT2D eigenvalue weighted by Gasteiger charge is -2.14. The van der Waals surface area contributed by atoms with Crippen LogP contribution < -0.4 is 5.84 Å². The molecule has 0 bridgehead atoms. The summed E-state index contributed by atoms with van der Waals surface area (Å²) in [5.74, 6) is 5.70. The van der Waals surface area contributed by atoms with E-state index in [9.17, 15) is 0 Å². The standard InChI is InChI=1S/C9H13N5/c10-13-12-6-7-14(11)8-9-4-2-1-3-5-9/h1-5H,6-8,11H2. The summed E-state index contributed by atoms with van der Waals surface area (Å²) >= 11 is 0. The first-order valence-corrected chi connectivity index (χ1v) is 4.37. The lowest BCUT2D eigenvalue weighted by molar-refractivity contribution is 0.283. The first-order chi connectivity index (χ1) is 6.83. The first-order valence-electron chi connectivity index (χ1n) is 4.37. The predicted molar refractivity (Wildman–Crippen MR) is 55.1 cm³/mol. The molecule has 0 spiro atoms. The molecule has 0 radical (unpaired) electrons. The fourth-order valence-corrected chi connectivity index (χ4v) is 1.11. The highest BCUT2D eigenvalue weighted by Gasteiger charge is 1.98. The van der Waals surface area contributed by atoms with Gasteiger partial charge in [-0.3, -0.25) is 5.84 Å². The van der Waals surface area contributed by atoms with Gasteiger partial charge in [0.05, 0.1) is 0 Å². The molecule has 0 saturated carbocycles. The van der Waals surface area contributed by atoms with E-state index in [-0.39, 0.29) is 0 Å². The van der Waals surface area contributed by atoms with Crippen molar-refractivity contribution in [3.8, 4) is 0 Å². The van der Waals surface area contributed by atoms with Crippen molar-refractivity contribution < 1.29 is 0 Å². The number of hydrogen-bond acceptors (Lipinski definition) is 3. The summed E-state index contributed by atoms with van der Waals surface area (Å²) in [6.07, 6.45) is 0. The van der Waals surface area contributed by atoms with Gasteiger partial charge in [0.25, 0.3) is 0 Å². The van der Waals surface area contributed by atoms with Crippen molar-refractivity contribution in [2.24, 2.45) is 11.0 Å². The number of hydrazine groups is 1. The van der Waals surface area contributed by atoms with Crippen LogP contribution >= 0.6 is 0 Å². The smallest absolute Gasteiger partial charge is 0.0399 e. The molecular formula is C9H13N5. The van der Waals surface area contributed by atoms with Crippen molar-refractivity contribution in [2.75, 3.05) is 13.1 Å². The van der Waals surface area contributed by atoms with E-state index < -0.39 is 0 Å². The number of hydrogen-bond donors (Lipinski definition) is 1. The first kappa shape index (κ1) is 10.5. The van der Waals surface area contributed by atoms with E-state index in [0.29, 0.717) is 19.6 Å². The van der Waals surface area contributed by atoms with Gasteiger partial charge in [-0.1, -0.05) is 35.4 Å². The van der Waals surface area contributed by atoms with Crippen LogP contribution in [0.3, 0.4) is 0 Å². The Bertz CT molecular complexity index is 304. The van der Waals surface area contributed by atoms with Crippen LogP contribution in [0.25, 0.3) is 10.4 Å². The Kier molecular flexibility index (Phi) is 4.50. The van der Waals surface area contributed by atoms with Crippen LogP contribution in [0.2, 0.25) is 0 Å². The van der Waals surface area contributed by atoms with E-state index in [2.05, 4.69) is 10.0 Å². The molecule has 0 aliphatic carbocycles. The lowest BCUT2D eigenvalue weighted by atomic mass is 10.2. The Morgan fingerprint density at radius 2 is 2.07 bits per heavy atom. The zero-order valence-corrected chi connectivity index (χ0v) is 7.87. The maximum atomic E-state index is 8.07. The molecular weight excluding hydrogens is 178 g/mol. The molecule has 0 aliphatic rings. The van der Waals surface area contributed by atoms with Crippen LogP contribution in [0.15, 0.2) is 35.4 Å². The van der Waals surface area contributed by atoms with Crippen LogP contribution in [0, 0.1) is 0 Å². The van der Waals surface area contributed by atoms with E-state index in [0.717, 1.165) is 5.56 Å². The second-order valence-corrected chi connectivity index (χ2v) is 2.91. The van der Waals surface area contributed by atoms with Gasteiger partial charge in [0.2, 0.25) is 0 Å². The van der Waals surface area contributed by atoms with E-state index in [1.54, 1.807) is 5.01 Å². The van der Waals surface area contributed by atoms with Gasteiger partial charge in [0.15, 0.2) is 0 Å². The minimum Gasteiger partial charge on any atom is -0.268 e. The number of azide groups is 1. The average Bonchev–Trinajstić information content (AvgIpc) is 2.20. The quantitative estimate of drug-likeness (QED) is 0.252. The van der Waals surface area contributed by atoms with E-state index in [1.807, 2.05) is 30.3 Å². The molecule has 0 aromatic heterocycles. The summed E-state index contributed by atoms with van der Waals surface area (Å²) in [6, 6.07) is 9.92. The average molecular weight is 191 g/mol. The fourth-order valence-electron chi connectivity index (χ4n) is 1.11. The normalized spacial score (nSPS) is 9.86. The van der Waals surface area contributed by atoms with Crippen molar-refractivity contribution in [3.63, 3.8) is 0 Å². The second-order valence-electron chi connectivity index (χ2n) is 2.91. The number of nitrogens with two attached hydrogens (primary N) is 1. The minimum atomic E-state index is 0.403. The molecule has 0 atom stereocenters. The summed E-state index contributed by atoms with van der Waals surface area (Å²) in [7, 11) is 0. The van der Waals surface area contributed by atoms with Crippen LogP contribution in [0.1, 0.15) is 5.56 Å². The Morgan fingerprint density at radius 3 is 2.71 bits per heavy atom. The lowest BCUT2D eigenvalue weighted by Crippen LogP contribution is -2.32.